The van der Waals surface area contributed by atoms with Crippen molar-refractivity contribution < 1.29 is 26.7 Å². The van der Waals surface area contributed by atoms with Gasteiger partial charge in [0.2, 0.25) is 0 Å². The molecule has 2 heterocycles. The summed E-state index contributed by atoms with van der Waals surface area (Å²) in [6, 6.07) is 9.24. The van der Waals surface area contributed by atoms with Crippen molar-refractivity contribution >= 4 is 34.7 Å². The van der Waals surface area contributed by atoms with Gasteiger partial charge in [-0.15, -0.1) is 0 Å². The zero-order chi connectivity index (χ0) is 25.9. The second-order valence-electron chi connectivity index (χ2n) is 8.98. The lowest BCUT2D eigenvalue weighted by Gasteiger charge is -2.36. The van der Waals surface area contributed by atoms with Crippen molar-refractivity contribution in [2.24, 2.45) is 0 Å². The molecule has 0 saturated heterocycles. The summed E-state index contributed by atoms with van der Waals surface area (Å²) in [5, 5.41) is -0.373. The second-order valence-corrected chi connectivity index (χ2v) is 9.39. The van der Waals surface area contributed by atoms with Crippen molar-refractivity contribution in [1.29, 1.82) is 0 Å². The van der Waals surface area contributed by atoms with Crippen LogP contribution in [-0.4, -0.2) is 24.0 Å². The number of carbonyl (C=O) groups is 1. The normalized spacial score (nSPS) is 16.9. The maximum Gasteiger partial charge on any atom is 0.416 e. The molecule has 4 rings (SSSR count). The van der Waals surface area contributed by atoms with Crippen LogP contribution in [0.5, 0.6) is 0 Å². The summed E-state index contributed by atoms with van der Waals surface area (Å²) in [5.74, 6) is -2.69. The van der Waals surface area contributed by atoms with Crippen LogP contribution in [0.15, 0.2) is 48.5 Å². The van der Waals surface area contributed by atoms with Gasteiger partial charge in [0.1, 0.15) is 23.5 Å². The van der Waals surface area contributed by atoms with E-state index in [9.17, 15) is 26.7 Å². The monoisotopic (exact) mass is 509 g/mol. The first-order chi connectivity index (χ1) is 16.2. The number of amides is 1. The number of likely N-dealkylation sites (N-methyl/N-ethyl adjacent to an activating group) is 1. The number of carbonyl (C=O) groups excluding carboxylic acids is 1. The molecule has 1 aromatic heterocycles. The third-order valence-electron chi connectivity index (χ3n) is 6.23. The van der Waals surface area contributed by atoms with E-state index < -0.39 is 40.7 Å². The van der Waals surface area contributed by atoms with E-state index in [2.05, 4.69) is 4.98 Å². The summed E-state index contributed by atoms with van der Waals surface area (Å²) in [4.78, 5) is 20.6. The summed E-state index contributed by atoms with van der Waals surface area (Å²) in [5.41, 5.74) is -0.742. The molecule has 0 N–H and O–H groups in total. The fourth-order valence-electron chi connectivity index (χ4n) is 4.52. The fraction of sp³-hybridized carbons (Fsp3) is 0.280. The number of nitrogens with zero attached hydrogens (tertiary/aromatic N) is 3. The number of aryl methyl sites for hydroxylation is 1. The molecule has 0 saturated carbocycles. The molecule has 2 aromatic carbocycles. The van der Waals surface area contributed by atoms with Crippen molar-refractivity contribution in [2.75, 3.05) is 16.8 Å². The highest BCUT2D eigenvalue weighted by molar-refractivity contribution is 6.31. The molecule has 1 amide bonds. The average Bonchev–Trinajstić information content (AvgIpc) is 3.01. The van der Waals surface area contributed by atoms with Gasteiger partial charge in [-0.3, -0.25) is 4.79 Å². The standard InChI is InChI=1S/C25H21ClF5N3O/c1-13-9-14(25(29,30)31)10-21(32-13)34-19-8-6-5-7-15(19)24(2,3)22(34)23(35)33(4)20-11-16(26)17(27)12-18(20)28/h5-12,22H,1-4H3/t22-/m1/s1. The number of benzene rings is 2. The van der Waals surface area contributed by atoms with Gasteiger partial charge in [0, 0.05) is 29.9 Å². The van der Waals surface area contributed by atoms with Crippen LogP contribution in [-0.2, 0) is 16.4 Å². The van der Waals surface area contributed by atoms with Crippen LogP contribution in [0.1, 0.15) is 30.7 Å². The lowest BCUT2D eigenvalue weighted by molar-refractivity contribution is -0.137. The molecule has 10 heteroatoms. The Morgan fingerprint density at radius 3 is 2.40 bits per heavy atom. The van der Waals surface area contributed by atoms with Gasteiger partial charge >= 0.3 is 6.18 Å². The van der Waals surface area contributed by atoms with Crippen LogP contribution in [0, 0.1) is 18.6 Å². The third kappa shape index (κ3) is 4.22. The number of hydrogen-bond acceptors (Lipinski definition) is 3. The lowest BCUT2D eigenvalue weighted by Crippen LogP contribution is -2.51. The summed E-state index contributed by atoms with van der Waals surface area (Å²) in [6.45, 7) is 4.98. The molecule has 1 atom stereocenters. The van der Waals surface area contributed by atoms with E-state index in [1.807, 2.05) is 0 Å². The highest BCUT2D eigenvalue weighted by atomic mass is 35.5. The van der Waals surface area contributed by atoms with E-state index in [1.165, 1.54) is 18.9 Å². The van der Waals surface area contributed by atoms with E-state index in [0.717, 1.165) is 23.1 Å². The summed E-state index contributed by atoms with van der Waals surface area (Å²) in [6.07, 6.45) is -4.62. The smallest absolute Gasteiger partial charge is 0.313 e. The molecule has 0 radical (unpaired) electrons. The first-order valence-corrected chi connectivity index (χ1v) is 11.0. The highest BCUT2D eigenvalue weighted by Gasteiger charge is 2.51. The van der Waals surface area contributed by atoms with Crippen LogP contribution < -0.4 is 9.80 Å². The van der Waals surface area contributed by atoms with E-state index in [1.54, 1.807) is 38.1 Å². The molecule has 0 unspecified atom stereocenters. The predicted molar refractivity (Wildman–Crippen MR) is 124 cm³/mol. The van der Waals surface area contributed by atoms with E-state index in [4.69, 9.17) is 11.6 Å². The minimum absolute atomic E-state index is 0.0697. The number of alkyl halides is 3. The zero-order valence-electron chi connectivity index (χ0n) is 19.2. The van der Waals surface area contributed by atoms with Gasteiger partial charge in [-0.1, -0.05) is 43.6 Å². The lowest BCUT2D eigenvalue weighted by atomic mass is 9.80. The molecular formula is C25H21ClF5N3O. The minimum atomic E-state index is -4.62. The van der Waals surface area contributed by atoms with E-state index >= 15 is 0 Å². The quantitative estimate of drug-likeness (QED) is 0.288. The molecule has 1 aliphatic rings. The summed E-state index contributed by atoms with van der Waals surface area (Å²) in [7, 11) is 1.30. The van der Waals surface area contributed by atoms with E-state index in [-0.39, 0.29) is 22.2 Å². The fourth-order valence-corrected chi connectivity index (χ4v) is 4.68. The molecular weight excluding hydrogens is 489 g/mol. The van der Waals surface area contributed by atoms with Crippen molar-refractivity contribution in [1.82, 2.24) is 4.98 Å². The Kier molecular flexibility index (Phi) is 6.03. The summed E-state index contributed by atoms with van der Waals surface area (Å²) < 4.78 is 69.1. The van der Waals surface area contributed by atoms with Gasteiger partial charge in [0.25, 0.3) is 5.91 Å². The molecule has 0 fully saturated rings. The van der Waals surface area contributed by atoms with Gasteiger partial charge in [-0.25, -0.2) is 13.8 Å². The van der Waals surface area contributed by atoms with Crippen molar-refractivity contribution in [2.45, 2.75) is 38.4 Å². The predicted octanol–water partition coefficient (Wildman–Crippen LogP) is 6.80. The maximum absolute atomic E-state index is 14.6. The Morgan fingerprint density at radius 2 is 1.74 bits per heavy atom. The van der Waals surface area contributed by atoms with Gasteiger partial charge in [0.15, 0.2) is 0 Å². The molecule has 1 aliphatic heterocycles. The third-order valence-corrected chi connectivity index (χ3v) is 6.52. The minimum Gasteiger partial charge on any atom is -0.313 e. The van der Waals surface area contributed by atoms with Crippen molar-refractivity contribution in [3.05, 3.63) is 82.0 Å². The van der Waals surface area contributed by atoms with Gasteiger partial charge in [-0.2, -0.15) is 13.2 Å². The Labute approximate surface area is 203 Å². The zero-order valence-corrected chi connectivity index (χ0v) is 20.0. The molecule has 35 heavy (non-hydrogen) atoms. The van der Waals surface area contributed by atoms with Crippen molar-refractivity contribution in [3.63, 3.8) is 0 Å². The molecule has 0 aliphatic carbocycles. The van der Waals surface area contributed by atoms with Gasteiger partial charge in [-0.05, 0) is 36.8 Å². The number of pyridine rings is 1. The first-order valence-electron chi connectivity index (χ1n) is 10.6. The van der Waals surface area contributed by atoms with Gasteiger partial charge < -0.3 is 9.80 Å². The SMILES string of the molecule is Cc1cc(C(F)(F)F)cc(N2c3ccccc3C(C)(C)[C@H]2C(=O)N(C)c2cc(Cl)c(F)cc2F)n1. The Bertz CT molecular complexity index is 1320. The number of rotatable bonds is 3. The van der Waals surface area contributed by atoms with Crippen LogP contribution in [0.3, 0.4) is 0 Å². The number of aromatic nitrogens is 1. The molecule has 0 spiro atoms. The van der Waals surface area contributed by atoms with E-state index in [0.29, 0.717) is 17.3 Å². The Morgan fingerprint density at radius 1 is 1.09 bits per heavy atom. The number of para-hydroxylation sites is 1. The highest BCUT2D eigenvalue weighted by Crippen LogP contribution is 2.49. The first kappa shape index (κ1) is 24.9. The maximum atomic E-state index is 14.6. The molecule has 4 nitrogen and oxygen atoms in total. The Hall–Kier alpha value is -3.20. The second kappa shape index (κ2) is 8.48. The number of halogens is 6. The largest absolute Gasteiger partial charge is 0.416 e. The molecule has 184 valence electrons. The topological polar surface area (TPSA) is 36.4 Å². The average molecular weight is 510 g/mol. The number of anilines is 3. The summed E-state index contributed by atoms with van der Waals surface area (Å²) >= 11 is 5.82. The number of fused-ring (bicyclic) bond motifs is 1. The Balaban J connectivity index is 1.89. The van der Waals surface area contributed by atoms with Gasteiger partial charge in [0.05, 0.1) is 16.3 Å². The van der Waals surface area contributed by atoms with Crippen LogP contribution in [0.2, 0.25) is 5.02 Å². The molecule has 0 bridgehead atoms. The van der Waals surface area contributed by atoms with Crippen molar-refractivity contribution in [3.8, 4) is 0 Å². The van der Waals surface area contributed by atoms with Crippen LogP contribution >= 0.6 is 11.6 Å². The van der Waals surface area contributed by atoms with Crippen LogP contribution in [0.4, 0.5) is 39.1 Å². The van der Waals surface area contributed by atoms with Crippen LogP contribution in [0.25, 0.3) is 0 Å². The molecule has 3 aromatic rings. The number of hydrogen-bond donors (Lipinski definition) is 0.